The Kier molecular flexibility index (Phi) is 5.99. The molecule has 0 fully saturated rings. The van der Waals surface area contributed by atoms with Gasteiger partial charge in [-0.05, 0) is 31.0 Å². The third kappa shape index (κ3) is 4.22. The molecule has 0 aromatic heterocycles. The lowest BCUT2D eigenvalue weighted by atomic mass is 10.1. The molecule has 1 aromatic rings. The Balaban J connectivity index is 2.99. The van der Waals surface area contributed by atoms with Crippen LogP contribution in [-0.4, -0.2) is 23.7 Å². The third-order valence-electron chi connectivity index (χ3n) is 2.98. The molecule has 0 aliphatic heterocycles. The third-order valence-corrected chi connectivity index (χ3v) is 3.21. The van der Waals surface area contributed by atoms with Crippen LogP contribution in [-0.2, 0) is 4.79 Å². The largest absolute Gasteiger partial charge is 0.480 e. The van der Waals surface area contributed by atoms with Crippen LogP contribution in [0.1, 0.15) is 33.1 Å². The number of carboxylic acid groups (broad SMARTS) is 1. The second kappa shape index (κ2) is 7.27. The van der Waals surface area contributed by atoms with Crippen LogP contribution in [0.5, 0.6) is 0 Å². The summed E-state index contributed by atoms with van der Waals surface area (Å²) < 4.78 is 0. The van der Waals surface area contributed by atoms with Gasteiger partial charge in [-0.1, -0.05) is 37.9 Å². The van der Waals surface area contributed by atoms with Crippen molar-refractivity contribution >= 4 is 23.3 Å². The molecule has 18 heavy (non-hydrogen) atoms. The molecule has 1 atom stereocenters. The second-order valence-corrected chi connectivity index (χ2v) is 4.79. The summed E-state index contributed by atoms with van der Waals surface area (Å²) in [5.74, 6) is -0.815. The number of aliphatic carboxylic acids is 1. The quantitative estimate of drug-likeness (QED) is 0.818. The molecule has 1 N–H and O–H groups in total. The molecule has 0 aliphatic carbocycles. The minimum atomic E-state index is -0.815. The van der Waals surface area contributed by atoms with Crippen molar-refractivity contribution < 1.29 is 9.90 Å². The minimum Gasteiger partial charge on any atom is -0.480 e. The van der Waals surface area contributed by atoms with Gasteiger partial charge >= 0.3 is 5.97 Å². The summed E-state index contributed by atoms with van der Waals surface area (Å²) in [5.41, 5.74) is 0.880. The topological polar surface area (TPSA) is 40.5 Å². The van der Waals surface area contributed by atoms with Crippen molar-refractivity contribution in [3.8, 4) is 0 Å². The SMILES string of the molecule is CCCC(CC)N(CC(=O)O)c1cccc(Cl)c1. The van der Waals surface area contributed by atoms with Crippen molar-refractivity contribution in [3.05, 3.63) is 29.3 Å². The number of halogens is 1. The van der Waals surface area contributed by atoms with Crippen molar-refractivity contribution in [2.75, 3.05) is 11.4 Å². The molecule has 0 saturated carbocycles. The molecule has 0 saturated heterocycles. The summed E-state index contributed by atoms with van der Waals surface area (Å²) in [6.07, 6.45) is 2.94. The first kappa shape index (κ1) is 14.8. The van der Waals surface area contributed by atoms with E-state index in [1.807, 2.05) is 23.1 Å². The van der Waals surface area contributed by atoms with Crippen LogP contribution < -0.4 is 4.90 Å². The highest BCUT2D eigenvalue weighted by Crippen LogP contribution is 2.24. The molecule has 0 radical (unpaired) electrons. The molecule has 1 unspecified atom stereocenters. The van der Waals surface area contributed by atoms with Crippen LogP contribution in [0.4, 0.5) is 5.69 Å². The molecule has 0 heterocycles. The number of carbonyl (C=O) groups is 1. The van der Waals surface area contributed by atoms with E-state index in [0.29, 0.717) is 5.02 Å². The van der Waals surface area contributed by atoms with Crippen LogP contribution in [0, 0.1) is 0 Å². The molecule has 0 amide bonds. The first-order chi connectivity index (χ1) is 8.58. The van der Waals surface area contributed by atoms with Gasteiger partial charge in [0.25, 0.3) is 0 Å². The molecular weight excluding hydrogens is 250 g/mol. The molecular formula is C14H20ClNO2. The summed E-state index contributed by atoms with van der Waals surface area (Å²) in [7, 11) is 0. The van der Waals surface area contributed by atoms with Crippen LogP contribution in [0.3, 0.4) is 0 Å². The zero-order valence-electron chi connectivity index (χ0n) is 10.9. The summed E-state index contributed by atoms with van der Waals surface area (Å²) in [5, 5.41) is 9.69. The van der Waals surface area contributed by atoms with Crippen LogP contribution in [0.25, 0.3) is 0 Å². The number of anilines is 1. The fourth-order valence-corrected chi connectivity index (χ4v) is 2.33. The predicted molar refractivity (Wildman–Crippen MR) is 75.4 cm³/mol. The lowest BCUT2D eigenvalue weighted by Gasteiger charge is -2.32. The van der Waals surface area contributed by atoms with E-state index in [0.717, 1.165) is 24.9 Å². The Hall–Kier alpha value is -1.22. The van der Waals surface area contributed by atoms with Gasteiger partial charge in [0, 0.05) is 16.8 Å². The number of hydrogen-bond donors (Lipinski definition) is 1. The van der Waals surface area contributed by atoms with E-state index in [-0.39, 0.29) is 12.6 Å². The molecule has 0 bridgehead atoms. The van der Waals surface area contributed by atoms with Gasteiger partial charge in [-0.15, -0.1) is 0 Å². The Morgan fingerprint density at radius 3 is 2.67 bits per heavy atom. The van der Waals surface area contributed by atoms with Gasteiger partial charge in [0.05, 0.1) is 0 Å². The van der Waals surface area contributed by atoms with Crippen molar-refractivity contribution in [1.29, 1.82) is 0 Å². The van der Waals surface area contributed by atoms with Gasteiger partial charge in [0.1, 0.15) is 6.54 Å². The van der Waals surface area contributed by atoms with Gasteiger partial charge in [0.2, 0.25) is 0 Å². The van der Waals surface area contributed by atoms with E-state index in [1.54, 1.807) is 6.07 Å². The van der Waals surface area contributed by atoms with Crippen LogP contribution in [0.15, 0.2) is 24.3 Å². The van der Waals surface area contributed by atoms with Gasteiger partial charge in [0.15, 0.2) is 0 Å². The van der Waals surface area contributed by atoms with Crippen molar-refractivity contribution in [2.24, 2.45) is 0 Å². The van der Waals surface area contributed by atoms with E-state index in [1.165, 1.54) is 0 Å². The Morgan fingerprint density at radius 2 is 2.17 bits per heavy atom. The number of rotatable bonds is 7. The van der Waals surface area contributed by atoms with Gasteiger partial charge in [-0.2, -0.15) is 0 Å². The zero-order valence-corrected chi connectivity index (χ0v) is 11.7. The summed E-state index contributed by atoms with van der Waals surface area (Å²) in [6.45, 7) is 4.21. The smallest absolute Gasteiger partial charge is 0.323 e. The van der Waals surface area contributed by atoms with E-state index < -0.39 is 5.97 Å². The van der Waals surface area contributed by atoms with E-state index >= 15 is 0 Å². The molecule has 0 spiro atoms. The van der Waals surface area contributed by atoms with E-state index in [4.69, 9.17) is 16.7 Å². The highest BCUT2D eigenvalue weighted by Gasteiger charge is 2.19. The van der Waals surface area contributed by atoms with Gasteiger partial charge in [-0.3, -0.25) is 4.79 Å². The minimum absolute atomic E-state index is 0.0127. The van der Waals surface area contributed by atoms with Gasteiger partial charge < -0.3 is 10.0 Å². The molecule has 100 valence electrons. The fraction of sp³-hybridized carbons (Fsp3) is 0.500. The first-order valence-electron chi connectivity index (χ1n) is 6.32. The lowest BCUT2D eigenvalue weighted by Crippen LogP contribution is -2.38. The number of hydrogen-bond acceptors (Lipinski definition) is 2. The zero-order chi connectivity index (χ0) is 13.5. The molecule has 0 aliphatic rings. The Labute approximate surface area is 113 Å². The standard InChI is InChI=1S/C14H20ClNO2/c1-3-6-12(4-2)16(10-14(17)18)13-8-5-7-11(15)9-13/h5,7-9,12H,3-4,6,10H2,1-2H3,(H,17,18). The highest BCUT2D eigenvalue weighted by molar-refractivity contribution is 6.30. The molecule has 3 nitrogen and oxygen atoms in total. The molecule has 4 heteroatoms. The molecule has 1 aromatic carbocycles. The summed E-state index contributed by atoms with van der Waals surface area (Å²) in [6, 6.07) is 7.62. The maximum Gasteiger partial charge on any atom is 0.323 e. The normalized spacial score (nSPS) is 12.2. The number of benzene rings is 1. The average Bonchev–Trinajstić information content (AvgIpc) is 2.33. The Bertz CT molecular complexity index is 395. The fourth-order valence-electron chi connectivity index (χ4n) is 2.15. The monoisotopic (exact) mass is 269 g/mol. The predicted octanol–water partition coefficient (Wildman–Crippen LogP) is 3.81. The second-order valence-electron chi connectivity index (χ2n) is 4.35. The average molecular weight is 270 g/mol. The Morgan fingerprint density at radius 1 is 1.44 bits per heavy atom. The van der Waals surface area contributed by atoms with Gasteiger partial charge in [-0.25, -0.2) is 0 Å². The number of carboxylic acids is 1. The van der Waals surface area contributed by atoms with Crippen molar-refractivity contribution in [3.63, 3.8) is 0 Å². The first-order valence-corrected chi connectivity index (χ1v) is 6.70. The maximum absolute atomic E-state index is 11.0. The van der Waals surface area contributed by atoms with Crippen molar-refractivity contribution in [2.45, 2.75) is 39.2 Å². The lowest BCUT2D eigenvalue weighted by molar-refractivity contribution is -0.135. The molecule has 1 rings (SSSR count). The van der Waals surface area contributed by atoms with Crippen LogP contribution in [0.2, 0.25) is 5.02 Å². The van der Waals surface area contributed by atoms with Crippen LogP contribution >= 0.6 is 11.6 Å². The number of nitrogens with zero attached hydrogens (tertiary/aromatic N) is 1. The summed E-state index contributed by atoms with van der Waals surface area (Å²) in [4.78, 5) is 12.9. The van der Waals surface area contributed by atoms with E-state index in [2.05, 4.69) is 13.8 Å². The van der Waals surface area contributed by atoms with Crippen molar-refractivity contribution in [1.82, 2.24) is 0 Å². The summed E-state index contributed by atoms with van der Waals surface area (Å²) >= 11 is 5.98. The van der Waals surface area contributed by atoms with E-state index in [9.17, 15) is 4.79 Å². The highest BCUT2D eigenvalue weighted by atomic mass is 35.5. The maximum atomic E-state index is 11.0.